The number of sulfonamides is 1. The summed E-state index contributed by atoms with van der Waals surface area (Å²) in [6, 6.07) is 6.58. The highest BCUT2D eigenvalue weighted by Crippen LogP contribution is 2.23. The Bertz CT molecular complexity index is 696. The van der Waals surface area contributed by atoms with E-state index < -0.39 is 21.9 Å². The number of carboxylic acid groups (broad SMARTS) is 1. The predicted molar refractivity (Wildman–Crippen MR) is 87.8 cm³/mol. The van der Waals surface area contributed by atoms with E-state index in [-0.39, 0.29) is 24.3 Å². The van der Waals surface area contributed by atoms with Gasteiger partial charge < -0.3 is 10.4 Å². The van der Waals surface area contributed by atoms with Crippen LogP contribution in [0.1, 0.15) is 37.7 Å². The van der Waals surface area contributed by atoms with Crippen molar-refractivity contribution in [2.75, 3.05) is 13.1 Å². The molecule has 2 rings (SSSR count). The summed E-state index contributed by atoms with van der Waals surface area (Å²) in [5.41, 5.74) is 0.506. The fraction of sp³-hybridized carbons (Fsp3) is 0.500. The zero-order valence-electron chi connectivity index (χ0n) is 13.4. The molecule has 0 spiro atoms. The van der Waals surface area contributed by atoms with Crippen LogP contribution in [0.25, 0.3) is 0 Å². The zero-order chi connectivity index (χ0) is 17.6. The molecule has 1 saturated heterocycles. The predicted octanol–water partition coefficient (Wildman–Crippen LogP) is 1.34. The number of nitrogens with one attached hydrogen (secondary N) is 1. The minimum absolute atomic E-state index is 0.0572. The van der Waals surface area contributed by atoms with Crippen molar-refractivity contribution in [1.82, 2.24) is 9.62 Å². The highest BCUT2D eigenvalue weighted by atomic mass is 32.2. The largest absolute Gasteiger partial charge is 0.481 e. The number of piperidine rings is 1. The number of hydrogen-bond acceptors (Lipinski definition) is 4. The molecule has 0 saturated carbocycles. The molecule has 1 aromatic carbocycles. The van der Waals surface area contributed by atoms with E-state index in [1.54, 1.807) is 24.3 Å². The van der Waals surface area contributed by atoms with Crippen molar-refractivity contribution >= 4 is 21.9 Å². The van der Waals surface area contributed by atoms with Crippen molar-refractivity contribution in [3.05, 3.63) is 29.8 Å². The molecule has 132 valence electrons. The smallest absolute Gasteiger partial charge is 0.303 e. The lowest BCUT2D eigenvalue weighted by Crippen LogP contribution is -2.36. The van der Waals surface area contributed by atoms with Gasteiger partial charge in [-0.05, 0) is 24.5 Å². The molecular formula is C16H22N2O5S. The lowest BCUT2D eigenvalue weighted by molar-refractivity contribution is -0.138. The number of carbonyl (C=O) groups excluding carboxylic acids is 1. The van der Waals surface area contributed by atoms with E-state index in [0.717, 1.165) is 19.3 Å². The van der Waals surface area contributed by atoms with Crippen molar-refractivity contribution in [2.45, 2.75) is 43.5 Å². The number of nitrogens with zero attached hydrogens (tertiary/aromatic N) is 1. The SMILES string of the molecule is O=C(O)CCC(=O)NCc1ccccc1S(=O)(=O)N1CCCCC1. The van der Waals surface area contributed by atoms with Gasteiger partial charge in [-0.1, -0.05) is 24.6 Å². The fourth-order valence-electron chi connectivity index (χ4n) is 2.65. The molecular weight excluding hydrogens is 332 g/mol. The molecule has 2 N–H and O–H groups in total. The van der Waals surface area contributed by atoms with Gasteiger partial charge >= 0.3 is 5.97 Å². The molecule has 0 atom stereocenters. The Balaban J connectivity index is 2.09. The Morgan fingerprint density at radius 2 is 1.75 bits per heavy atom. The Labute approximate surface area is 141 Å². The monoisotopic (exact) mass is 354 g/mol. The van der Waals surface area contributed by atoms with E-state index in [1.807, 2.05) is 0 Å². The van der Waals surface area contributed by atoms with Crippen molar-refractivity contribution in [3.8, 4) is 0 Å². The van der Waals surface area contributed by atoms with Gasteiger partial charge in [0.05, 0.1) is 11.3 Å². The van der Waals surface area contributed by atoms with Crippen molar-refractivity contribution in [3.63, 3.8) is 0 Å². The van der Waals surface area contributed by atoms with E-state index in [4.69, 9.17) is 5.11 Å². The van der Waals surface area contributed by atoms with Crippen LogP contribution in [-0.4, -0.2) is 42.8 Å². The standard InChI is InChI=1S/C16H22N2O5S/c19-15(8-9-16(20)21)17-12-13-6-2-3-7-14(13)24(22,23)18-10-4-1-5-11-18/h2-3,6-7H,1,4-5,8-12H2,(H,17,19)(H,20,21). The first-order valence-corrected chi connectivity index (χ1v) is 9.42. The summed E-state index contributed by atoms with van der Waals surface area (Å²) in [7, 11) is -3.58. The van der Waals surface area contributed by atoms with E-state index in [1.165, 1.54) is 4.31 Å². The molecule has 1 aliphatic heterocycles. The second-order valence-corrected chi connectivity index (χ2v) is 7.65. The number of carboxylic acids is 1. The molecule has 1 fully saturated rings. The molecule has 0 aliphatic carbocycles. The molecule has 24 heavy (non-hydrogen) atoms. The summed E-state index contributed by atoms with van der Waals surface area (Å²) in [4.78, 5) is 22.3. The van der Waals surface area contributed by atoms with E-state index >= 15 is 0 Å². The topological polar surface area (TPSA) is 104 Å². The third kappa shape index (κ3) is 4.78. The molecule has 0 bridgehead atoms. The number of benzene rings is 1. The molecule has 1 amide bonds. The maximum Gasteiger partial charge on any atom is 0.303 e. The van der Waals surface area contributed by atoms with Crippen LogP contribution in [0.5, 0.6) is 0 Å². The Morgan fingerprint density at radius 1 is 1.08 bits per heavy atom. The number of carbonyl (C=O) groups is 2. The van der Waals surface area contributed by atoms with Gasteiger partial charge in [0.15, 0.2) is 0 Å². The molecule has 8 heteroatoms. The summed E-state index contributed by atoms with van der Waals surface area (Å²) >= 11 is 0. The summed E-state index contributed by atoms with van der Waals surface area (Å²) in [5, 5.41) is 11.2. The van der Waals surface area contributed by atoms with Gasteiger partial charge in [0, 0.05) is 26.1 Å². The first-order valence-electron chi connectivity index (χ1n) is 7.98. The van der Waals surface area contributed by atoms with Crippen LogP contribution in [0.4, 0.5) is 0 Å². The van der Waals surface area contributed by atoms with Gasteiger partial charge in [0.1, 0.15) is 0 Å². The summed E-state index contributed by atoms with van der Waals surface area (Å²) < 4.78 is 27.1. The van der Waals surface area contributed by atoms with Crippen LogP contribution in [0.2, 0.25) is 0 Å². The molecule has 0 aromatic heterocycles. The molecule has 7 nitrogen and oxygen atoms in total. The van der Waals surface area contributed by atoms with Crippen LogP contribution >= 0.6 is 0 Å². The van der Waals surface area contributed by atoms with Gasteiger partial charge in [-0.2, -0.15) is 4.31 Å². The van der Waals surface area contributed by atoms with Crippen LogP contribution in [0.3, 0.4) is 0 Å². The molecule has 0 radical (unpaired) electrons. The fourth-order valence-corrected chi connectivity index (χ4v) is 4.39. The van der Waals surface area contributed by atoms with Crippen LogP contribution < -0.4 is 5.32 Å². The Hall–Kier alpha value is -1.93. The number of hydrogen-bond donors (Lipinski definition) is 2. The summed E-state index contributed by atoms with van der Waals surface area (Å²) in [5.74, 6) is -1.46. The van der Waals surface area contributed by atoms with Crippen molar-refractivity contribution in [2.24, 2.45) is 0 Å². The molecule has 0 unspecified atom stereocenters. The minimum Gasteiger partial charge on any atom is -0.481 e. The number of aliphatic carboxylic acids is 1. The molecule has 1 aromatic rings. The van der Waals surface area contributed by atoms with Crippen LogP contribution in [-0.2, 0) is 26.2 Å². The number of amides is 1. The van der Waals surface area contributed by atoms with E-state index in [0.29, 0.717) is 18.7 Å². The first-order chi connectivity index (χ1) is 11.4. The van der Waals surface area contributed by atoms with E-state index in [9.17, 15) is 18.0 Å². The van der Waals surface area contributed by atoms with Crippen LogP contribution in [0, 0.1) is 0 Å². The van der Waals surface area contributed by atoms with E-state index in [2.05, 4.69) is 5.32 Å². The minimum atomic E-state index is -3.58. The van der Waals surface area contributed by atoms with Crippen molar-refractivity contribution in [1.29, 1.82) is 0 Å². The Morgan fingerprint density at radius 3 is 2.42 bits per heavy atom. The lowest BCUT2D eigenvalue weighted by Gasteiger charge is -2.26. The van der Waals surface area contributed by atoms with Gasteiger partial charge in [0.2, 0.25) is 15.9 Å². The Kier molecular flexibility index (Phi) is 6.33. The summed E-state index contributed by atoms with van der Waals surface area (Å²) in [6.07, 6.45) is 2.36. The van der Waals surface area contributed by atoms with Gasteiger partial charge in [-0.3, -0.25) is 9.59 Å². The quantitative estimate of drug-likeness (QED) is 0.769. The first kappa shape index (κ1) is 18.4. The lowest BCUT2D eigenvalue weighted by atomic mass is 10.2. The van der Waals surface area contributed by atoms with Crippen molar-refractivity contribution < 1.29 is 23.1 Å². The van der Waals surface area contributed by atoms with Gasteiger partial charge in [-0.15, -0.1) is 0 Å². The maximum absolute atomic E-state index is 12.8. The third-order valence-corrected chi connectivity index (χ3v) is 5.95. The second kappa shape index (κ2) is 8.25. The average Bonchev–Trinajstić information content (AvgIpc) is 2.59. The highest BCUT2D eigenvalue weighted by Gasteiger charge is 2.27. The molecule has 1 aliphatic rings. The third-order valence-electron chi connectivity index (χ3n) is 3.95. The maximum atomic E-state index is 12.8. The summed E-state index contributed by atoms with van der Waals surface area (Å²) in [6.45, 7) is 1.09. The second-order valence-electron chi connectivity index (χ2n) is 5.74. The average molecular weight is 354 g/mol. The van der Waals surface area contributed by atoms with Crippen LogP contribution in [0.15, 0.2) is 29.2 Å². The van der Waals surface area contributed by atoms with Gasteiger partial charge in [0.25, 0.3) is 0 Å². The molecule has 1 heterocycles. The number of rotatable bonds is 7. The normalized spacial score (nSPS) is 15.8. The highest BCUT2D eigenvalue weighted by molar-refractivity contribution is 7.89. The van der Waals surface area contributed by atoms with Gasteiger partial charge in [-0.25, -0.2) is 8.42 Å². The zero-order valence-corrected chi connectivity index (χ0v) is 14.2.